The van der Waals surface area contributed by atoms with Gasteiger partial charge in [0.25, 0.3) is 0 Å². The minimum absolute atomic E-state index is 0.0459. The molecule has 4 rings (SSSR count). The Balaban J connectivity index is 1.53. The zero-order chi connectivity index (χ0) is 21.8. The third-order valence-corrected chi connectivity index (χ3v) is 7.63. The van der Waals surface area contributed by atoms with E-state index in [0.29, 0.717) is 6.61 Å². The minimum atomic E-state index is -3.87. The lowest BCUT2D eigenvalue weighted by Gasteiger charge is -2.35. The van der Waals surface area contributed by atoms with Crippen LogP contribution in [-0.4, -0.2) is 33.0 Å². The van der Waals surface area contributed by atoms with Gasteiger partial charge in [-0.3, -0.25) is 4.90 Å². The van der Waals surface area contributed by atoms with Crippen molar-refractivity contribution in [2.75, 3.05) is 19.7 Å². The molecule has 0 bridgehead atoms. The average Bonchev–Trinajstić information content (AvgIpc) is 3.30. The van der Waals surface area contributed by atoms with E-state index in [1.54, 1.807) is 18.3 Å². The van der Waals surface area contributed by atoms with Gasteiger partial charge in [0.15, 0.2) is 11.6 Å². The van der Waals surface area contributed by atoms with E-state index in [4.69, 9.17) is 4.74 Å². The summed E-state index contributed by atoms with van der Waals surface area (Å²) in [5.41, 5.74) is 3.68. The summed E-state index contributed by atoms with van der Waals surface area (Å²) >= 11 is 1.59. The lowest BCUT2D eigenvalue weighted by atomic mass is 9.97. The topological polar surface area (TPSA) is 58.6 Å². The molecule has 0 radical (unpaired) electrons. The van der Waals surface area contributed by atoms with Crippen molar-refractivity contribution in [2.45, 2.75) is 30.8 Å². The van der Waals surface area contributed by atoms with Crippen molar-refractivity contribution < 1.29 is 17.5 Å². The largest absolute Gasteiger partial charge is 0.491 e. The van der Waals surface area contributed by atoms with E-state index in [2.05, 4.69) is 33.2 Å². The van der Waals surface area contributed by atoms with E-state index in [0.717, 1.165) is 31.1 Å². The second-order valence-corrected chi connectivity index (χ2v) is 9.99. The molecule has 1 aliphatic heterocycles. The Labute approximate surface area is 186 Å². The van der Waals surface area contributed by atoms with E-state index >= 15 is 0 Å². The molecule has 1 aliphatic rings. The third-order valence-electron chi connectivity index (χ3n) is 5.51. The first-order valence-electron chi connectivity index (χ1n) is 10.2. The van der Waals surface area contributed by atoms with Crippen LogP contribution in [0.1, 0.15) is 29.7 Å². The SMILES string of the molecule is CCOc1ccc(S(=O)(=O)NCC(c2ccsc2)N2CCc3ccccc3C2)cc1F. The number of sulfonamides is 1. The highest BCUT2D eigenvalue weighted by molar-refractivity contribution is 7.89. The maximum Gasteiger partial charge on any atom is 0.240 e. The van der Waals surface area contributed by atoms with Gasteiger partial charge in [-0.25, -0.2) is 17.5 Å². The van der Waals surface area contributed by atoms with Crippen LogP contribution in [0.2, 0.25) is 0 Å². The normalized spacial score (nSPS) is 15.4. The zero-order valence-electron chi connectivity index (χ0n) is 17.3. The summed E-state index contributed by atoms with van der Waals surface area (Å²) in [4.78, 5) is 2.19. The lowest BCUT2D eigenvalue weighted by Crippen LogP contribution is -2.40. The Morgan fingerprint density at radius 1 is 1.19 bits per heavy atom. The highest BCUT2D eigenvalue weighted by Crippen LogP contribution is 2.29. The maximum atomic E-state index is 14.2. The number of rotatable bonds is 8. The molecule has 0 fully saturated rings. The van der Waals surface area contributed by atoms with Crippen LogP contribution in [0.4, 0.5) is 4.39 Å². The first-order valence-corrected chi connectivity index (χ1v) is 12.7. The standard InChI is InChI=1S/C23H25FN2O3S2/c1-2-29-23-8-7-20(13-21(23)24)31(27,28)25-14-22(19-10-12-30-16-19)26-11-9-17-5-3-4-6-18(17)15-26/h3-8,10,12-13,16,22,25H,2,9,11,14-15H2,1H3. The van der Waals surface area contributed by atoms with Gasteiger partial charge in [-0.05, 0) is 65.1 Å². The number of nitrogens with one attached hydrogen (secondary N) is 1. The number of hydrogen-bond donors (Lipinski definition) is 1. The van der Waals surface area contributed by atoms with Crippen LogP contribution in [0.3, 0.4) is 0 Å². The van der Waals surface area contributed by atoms with E-state index < -0.39 is 15.8 Å². The number of fused-ring (bicyclic) bond motifs is 1. The van der Waals surface area contributed by atoms with E-state index in [-0.39, 0.29) is 23.2 Å². The van der Waals surface area contributed by atoms with Crippen molar-refractivity contribution in [1.82, 2.24) is 9.62 Å². The smallest absolute Gasteiger partial charge is 0.240 e. The van der Waals surface area contributed by atoms with Gasteiger partial charge in [0.05, 0.1) is 11.5 Å². The number of hydrogen-bond acceptors (Lipinski definition) is 5. The fourth-order valence-corrected chi connectivity index (χ4v) is 5.66. The van der Waals surface area contributed by atoms with Crippen molar-refractivity contribution in [2.24, 2.45) is 0 Å². The molecule has 0 spiro atoms. The predicted molar refractivity (Wildman–Crippen MR) is 120 cm³/mol. The van der Waals surface area contributed by atoms with E-state index in [1.165, 1.54) is 23.3 Å². The Kier molecular flexibility index (Phi) is 6.71. The van der Waals surface area contributed by atoms with Gasteiger partial charge in [-0.15, -0.1) is 0 Å². The molecule has 1 aromatic heterocycles. The molecule has 5 nitrogen and oxygen atoms in total. The summed E-state index contributed by atoms with van der Waals surface area (Å²) in [6.45, 7) is 3.86. The van der Waals surface area contributed by atoms with Crippen LogP contribution in [0, 0.1) is 5.82 Å². The monoisotopic (exact) mass is 460 g/mol. The first-order chi connectivity index (χ1) is 15.0. The summed E-state index contributed by atoms with van der Waals surface area (Å²) in [5.74, 6) is -0.642. The Hall–Kier alpha value is -2.26. The van der Waals surface area contributed by atoms with Crippen molar-refractivity contribution in [1.29, 1.82) is 0 Å². The molecule has 164 valence electrons. The van der Waals surface area contributed by atoms with Crippen molar-refractivity contribution in [3.63, 3.8) is 0 Å². The van der Waals surface area contributed by atoms with Crippen LogP contribution in [0.15, 0.2) is 64.2 Å². The van der Waals surface area contributed by atoms with Gasteiger partial charge in [-0.2, -0.15) is 11.3 Å². The maximum absolute atomic E-state index is 14.2. The molecule has 0 aliphatic carbocycles. The number of ether oxygens (including phenoxy) is 1. The summed E-state index contributed by atoms with van der Waals surface area (Å²) in [6, 6.07) is 14.0. The Morgan fingerprint density at radius 3 is 2.71 bits per heavy atom. The van der Waals surface area contributed by atoms with Crippen LogP contribution in [0.25, 0.3) is 0 Å². The van der Waals surface area contributed by atoms with Gasteiger partial charge in [0, 0.05) is 25.7 Å². The first kappa shape index (κ1) is 22.0. The molecule has 2 heterocycles. The fourth-order valence-electron chi connectivity index (χ4n) is 3.90. The van der Waals surface area contributed by atoms with Gasteiger partial charge in [-0.1, -0.05) is 24.3 Å². The molecule has 2 aromatic carbocycles. The molecule has 1 atom stereocenters. The number of halogens is 1. The molecule has 0 saturated heterocycles. The van der Waals surface area contributed by atoms with E-state index in [9.17, 15) is 12.8 Å². The molecule has 1 unspecified atom stereocenters. The summed E-state index contributed by atoms with van der Waals surface area (Å²) in [7, 11) is -3.87. The number of thiophene rings is 1. The molecule has 0 saturated carbocycles. The number of benzene rings is 2. The molecular formula is C23H25FN2O3S2. The summed E-state index contributed by atoms with van der Waals surface area (Å²) in [5, 5.41) is 4.05. The molecule has 3 aromatic rings. The molecular weight excluding hydrogens is 435 g/mol. The van der Waals surface area contributed by atoms with Gasteiger partial charge in [0.1, 0.15) is 0 Å². The van der Waals surface area contributed by atoms with Gasteiger partial charge >= 0.3 is 0 Å². The zero-order valence-corrected chi connectivity index (χ0v) is 18.9. The van der Waals surface area contributed by atoms with Crippen molar-refractivity contribution in [3.05, 3.63) is 81.8 Å². The van der Waals surface area contributed by atoms with Gasteiger partial charge in [0.2, 0.25) is 10.0 Å². The second-order valence-electron chi connectivity index (χ2n) is 7.44. The minimum Gasteiger partial charge on any atom is -0.491 e. The fraction of sp³-hybridized carbons (Fsp3) is 0.304. The highest BCUT2D eigenvalue weighted by Gasteiger charge is 2.27. The van der Waals surface area contributed by atoms with Gasteiger partial charge < -0.3 is 4.74 Å². The molecule has 1 N–H and O–H groups in total. The van der Waals surface area contributed by atoms with Crippen molar-refractivity contribution in [3.8, 4) is 5.75 Å². The second kappa shape index (κ2) is 9.48. The Morgan fingerprint density at radius 2 is 2.00 bits per heavy atom. The van der Waals surface area contributed by atoms with E-state index in [1.807, 2.05) is 17.5 Å². The quantitative estimate of drug-likeness (QED) is 0.543. The van der Waals surface area contributed by atoms with Crippen molar-refractivity contribution >= 4 is 21.4 Å². The highest BCUT2D eigenvalue weighted by atomic mass is 32.2. The third kappa shape index (κ3) is 4.98. The molecule has 31 heavy (non-hydrogen) atoms. The summed E-state index contributed by atoms with van der Waals surface area (Å²) in [6.07, 6.45) is 0.924. The molecule has 0 amide bonds. The summed E-state index contributed by atoms with van der Waals surface area (Å²) < 4.78 is 47.8. The average molecular weight is 461 g/mol. The predicted octanol–water partition coefficient (Wildman–Crippen LogP) is 4.36. The van der Waals surface area contributed by atoms with Crippen LogP contribution < -0.4 is 9.46 Å². The Bertz CT molecular complexity index is 1130. The lowest BCUT2D eigenvalue weighted by molar-refractivity contribution is 0.181. The van der Waals surface area contributed by atoms with Crippen LogP contribution >= 0.6 is 11.3 Å². The van der Waals surface area contributed by atoms with Crippen LogP contribution in [-0.2, 0) is 23.0 Å². The molecule has 8 heteroatoms. The van der Waals surface area contributed by atoms with Crippen LogP contribution in [0.5, 0.6) is 5.75 Å². The number of nitrogens with zero attached hydrogens (tertiary/aromatic N) is 1.